The van der Waals surface area contributed by atoms with Crippen molar-refractivity contribution in [3.8, 4) is 0 Å². The quantitative estimate of drug-likeness (QED) is 0.673. The fraction of sp³-hybridized carbons (Fsp3) is 0.333. The summed E-state index contributed by atoms with van der Waals surface area (Å²) in [5, 5.41) is 3.36. The molecule has 0 saturated heterocycles. The Balaban J connectivity index is 2.02. The Hall–Kier alpha value is -1.07. The lowest BCUT2D eigenvalue weighted by atomic mass is 10.2. The van der Waals surface area contributed by atoms with Gasteiger partial charge in [0, 0.05) is 11.3 Å². The zero-order valence-electron chi connectivity index (χ0n) is 9.43. The molecule has 1 aliphatic rings. The van der Waals surface area contributed by atoms with Gasteiger partial charge in [-0.15, -0.1) is 11.8 Å². The molecule has 0 saturated carbocycles. The Kier molecular flexibility index (Phi) is 4.02. The Bertz CT molecular complexity index is 448. The van der Waals surface area contributed by atoms with Crippen LogP contribution in [0.5, 0.6) is 0 Å². The first-order valence-electron chi connectivity index (χ1n) is 5.34. The van der Waals surface area contributed by atoms with E-state index in [-0.39, 0.29) is 11.2 Å². The van der Waals surface area contributed by atoms with Crippen molar-refractivity contribution in [1.82, 2.24) is 0 Å². The van der Waals surface area contributed by atoms with Gasteiger partial charge in [0.05, 0.1) is 23.0 Å². The number of nitrogens with one attached hydrogen (secondary N) is 1. The molecule has 3 nitrogen and oxygen atoms in total. The molecule has 1 heterocycles. The van der Waals surface area contributed by atoms with Gasteiger partial charge in [-0.05, 0) is 18.6 Å². The minimum atomic E-state index is -0.188. The van der Waals surface area contributed by atoms with Crippen molar-refractivity contribution in [1.29, 1.82) is 0 Å². The van der Waals surface area contributed by atoms with E-state index in [0.29, 0.717) is 12.8 Å². The number of para-hydroxylation sites is 1. The molecule has 0 unspecified atom stereocenters. The van der Waals surface area contributed by atoms with Crippen molar-refractivity contribution in [2.45, 2.75) is 23.0 Å². The molecule has 0 fully saturated rings. The Morgan fingerprint density at radius 3 is 3.06 bits per heavy atom. The molecule has 5 heteroatoms. The Morgan fingerprint density at radius 2 is 2.29 bits per heavy atom. The van der Waals surface area contributed by atoms with Gasteiger partial charge in [0.15, 0.2) is 0 Å². The number of anilines is 1. The van der Waals surface area contributed by atoms with E-state index in [9.17, 15) is 4.79 Å². The average molecular weight is 267 g/mol. The van der Waals surface area contributed by atoms with Crippen molar-refractivity contribution in [3.05, 3.63) is 24.3 Å². The summed E-state index contributed by atoms with van der Waals surface area (Å²) in [6.45, 7) is 0. The molecule has 2 rings (SSSR count). The van der Waals surface area contributed by atoms with Crippen molar-refractivity contribution < 1.29 is 9.53 Å². The number of rotatable bonds is 3. The molecule has 0 radical (unpaired) electrons. The van der Waals surface area contributed by atoms with E-state index in [2.05, 4.69) is 16.1 Å². The minimum absolute atomic E-state index is 0.152. The number of methoxy groups -OCH3 is 1. The molecule has 1 N–H and O–H groups in total. The maximum atomic E-state index is 11.1. The normalized spacial score (nSPS) is 18.2. The summed E-state index contributed by atoms with van der Waals surface area (Å²) in [5.74, 6) is -0.188. The van der Waals surface area contributed by atoms with Crippen LogP contribution in [0.2, 0.25) is 0 Å². The lowest BCUT2D eigenvalue weighted by molar-refractivity contribution is -0.140. The van der Waals surface area contributed by atoms with E-state index in [0.717, 1.165) is 10.7 Å². The van der Waals surface area contributed by atoms with Crippen LogP contribution in [0.4, 0.5) is 5.69 Å². The van der Waals surface area contributed by atoms with E-state index in [1.165, 1.54) is 12.0 Å². The van der Waals surface area contributed by atoms with Crippen LogP contribution in [-0.2, 0) is 9.53 Å². The smallest absolute Gasteiger partial charge is 0.305 e. The second kappa shape index (κ2) is 5.51. The monoisotopic (exact) mass is 267 g/mol. The first-order chi connectivity index (χ1) is 8.20. The third-order valence-corrected chi connectivity index (χ3v) is 4.45. The Labute approximate surface area is 110 Å². The SMILES string of the molecule is COC(=O)CC[C@H]1Sc2ccccc2NC1=S. The topological polar surface area (TPSA) is 38.3 Å². The van der Waals surface area contributed by atoms with Crippen molar-refractivity contribution in [2.75, 3.05) is 12.4 Å². The van der Waals surface area contributed by atoms with Gasteiger partial charge in [-0.3, -0.25) is 4.79 Å². The summed E-state index contributed by atoms with van der Waals surface area (Å²) in [4.78, 5) is 13.1. The summed E-state index contributed by atoms with van der Waals surface area (Å²) in [7, 11) is 1.40. The molecular weight excluding hydrogens is 254 g/mol. The fourth-order valence-corrected chi connectivity index (χ4v) is 3.12. The van der Waals surface area contributed by atoms with Crippen LogP contribution in [0.1, 0.15) is 12.8 Å². The number of hydrogen-bond donors (Lipinski definition) is 1. The van der Waals surface area contributed by atoms with Crippen LogP contribution in [0.3, 0.4) is 0 Å². The summed E-state index contributed by atoms with van der Waals surface area (Å²) < 4.78 is 4.63. The van der Waals surface area contributed by atoms with Crippen molar-refractivity contribution >= 4 is 40.6 Å². The van der Waals surface area contributed by atoms with Gasteiger partial charge < -0.3 is 10.1 Å². The molecule has 0 spiro atoms. The standard InChI is InChI=1S/C12H13NO2S2/c1-15-11(14)7-6-10-12(16)13-8-4-2-3-5-9(8)17-10/h2-5,10H,6-7H2,1H3,(H,13,16)/t10-/m1/s1. The molecule has 90 valence electrons. The lowest BCUT2D eigenvalue weighted by Crippen LogP contribution is -2.27. The number of ether oxygens (including phenoxy) is 1. The molecule has 17 heavy (non-hydrogen) atoms. The molecule has 1 aromatic rings. The summed E-state index contributed by atoms with van der Waals surface area (Å²) in [5.41, 5.74) is 1.05. The number of esters is 1. The largest absolute Gasteiger partial charge is 0.469 e. The van der Waals surface area contributed by atoms with E-state index < -0.39 is 0 Å². The average Bonchev–Trinajstić information content (AvgIpc) is 2.35. The number of thiocarbonyl (C=S) groups is 1. The zero-order chi connectivity index (χ0) is 12.3. The predicted molar refractivity (Wildman–Crippen MR) is 73.6 cm³/mol. The molecule has 1 aromatic carbocycles. The Morgan fingerprint density at radius 1 is 1.53 bits per heavy atom. The maximum absolute atomic E-state index is 11.1. The minimum Gasteiger partial charge on any atom is -0.469 e. The van der Waals surface area contributed by atoms with Gasteiger partial charge in [0.1, 0.15) is 0 Å². The number of thioether (sulfide) groups is 1. The van der Waals surface area contributed by atoms with Gasteiger partial charge in [-0.2, -0.15) is 0 Å². The molecular formula is C12H13NO2S2. The van der Waals surface area contributed by atoms with Crippen LogP contribution in [0.25, 0.3) is 0 Å². The number of hydrogen-bond acceptors (Lipinski definition) is 4. The van der Waals surface area contributed by atoms with E-state index in [1.807, 2.05) is 18.2 Å². The number of carbonyl (C=O) groups is 1. The van der Waals surface area contributed by atoms with Gasteiger partial charge in [0.25, 0.3) is 0 Å². The summed E-state index contributed by atoms with van der Waals surface area (Å²) in [6, 6.07) is 8.04. The number of fused-ring (bicyclic) bond motifs is 1. The second-order valence-electron chi connectivity index (χ2n) is 3.71. The van der Waals surface area contributed by atoms with Crippen LogP contribution in [0.15, 0.2) is 29.2 Å². The highest BCUT2D eigenvalue weighted by Gasteiger charge is 2.24. The van der Waals surface area contributed by atoms with E-state index in [4.69, 9.17) is 12.2 Å². The molecule has 0 amide bonds. The third-order valence-electron chi connectivity index (χ3n) is 2.54. The van der Waals surface area contributed by atoms with Crippen LogP contribution >= 0.6 is 24.0 Å². The highest BCUT2D eigenvalue weighted by Crippen LogP contribution is 2.37. The van der Waals surface area contributed by atoms with E-state index >= 15 is 0 Å². The van der Waals surface area contributed by atoms with Crippen molar-refractivity contribution in [2.24, 2.45) is 0 Å². The van der Waals surface area contributed by atoms with Gasteiger partial charge in [0.2, 0.25) is 0 Å². The molecule has 1 aliphatic heterocycles. The molecule has 0 aromatic heterocycles. The second-order valence-corrected chi connectivity index (χ2v) is 5.39. The number of carbonyl (C=O) groups excluding carboxylic acids is 1. The van der Waals surface area contributed by atoms with Gasteiger partial charge in [-0.1, -0.05) is 24.4 Å². The molecule has 0 bridgehead atoms. The van der Waals surface area contributed by atoms with Crippen molar-refractivity contribution in [3.63, 3.8) is 0 Å². The predicted octanol–water partition coefficient (Wildman–Crippen LogP) is 2.85. The van der Waals surface area contributed by atoms with Gasteiger partial charge >= 0.3 is 5.97 Å². The van der Waals surface area contributed by atoms with Crippen LogP contribution < -0.4 is 5.32 Å². The highest BCUT2D eigenvalue weighted by molar-refractivity contribution is 8.02. The molecule has 0 aliphatic carbocycles. The fourth-order valence-electron chi connectivity index (χ4n) is 1.63. The maximum Gasteiger partial charge on any atom is 0.305 e. The van der Waals surface area contributed by atoms with Crippen LogP contribution in [0, 0.1) is 0 Å². The zero-order valence-corrected chi connectivity index (χ0v) is 11.1. The molecule has 1 atom stereocenters. The third kappa shape index (κ3) is 2.98. The summed E-state index contributed by atoms with van der Waals surface area (Å²) >= 11 is 7.01. The summed E-state index contributed by atoms with van der Waals surface area (Å²) in [6.07, 6.45) is 1.11. The first-order valence-corrected chi connectivity index (χ1v) is 6.63. The first kappa shape index (κ1) is 12.4. The lowest BCUT2D eigenvalue weighted by Gasteiger charge is -2.26. The highest BCUT2D eigenvalue weighted by atomic mass is 32.2. The van der Waals surface area contributed by atoms with E-state index in [1.54, 1.807) is 11.8 Å². The van der Waals surface area contributed by atoms with Gasteiger partial charge in [-0.25, -0.2) is 0 Å². The van der Waals surface area contributed by atoms with Crippen LogP contribution in [-0.4, -0.2) is 23.3 Å². The number of benzene rings is 1.